The molecule has 0 aliphatic heterocycles. The van der Waals surface area contributed by atoms with Crippen LogP contribution in [0, 0.1) is 10.5 Å². The van der Waals surface area contributed by atoms with Crippen molar-refractivity contribution in [2.75, 3.05) is 0 Å². The Hall–Kier alpha value is -0.630. The number of carboxylic acid groups (broad SMARTS) is 1. The second-order valence-electron chi connectivity index (χ2n) is 3.05. The summed E-state index contributed by atoms with van der Waals surface area (Å²) in [6.07, 6.45) is 1.75. The Morgan fingerprint density at radius 3 is 2.93 bits per heavy atom. The summed E-state index contributed by atoms with van der Waals surface area (Å²) in [5.74, 6) is -0.964. The van der Waals surface area contributed by atoms with Gasteiger partial charge in [-0.05, 0) is 51.5 Å². The van der Waals surface area contributed by atoms with Crippen molar-refractivity contribution in [2.24, 2.45) is 0 Å². The van der Waals surface area contributed by atoms with Gasteiger partial charge in [-0.15, -0.1) is 0 Å². The zero-order chi connectivity index (χ0) is 11.2. The summed E-state index contributed by atoms with van der Waals surface area (Å²) in [6, 6.07) is 1.90. The van der Waals surface area contributed by atoms with E-state index in [-0.39, 0.29) is 5.69 Å². The molecule has 0 aromatic carbocycles. The molecule has 2 aromatic rings. The summed E-state index contributed by atoms with van der Waals surface area (Å²) in [4.78, 5) is 15.2. The van der Waals surface area contributed by atoms with Crippen molar-refractivity contribution in [1.82, 2.24) is 9.38 Å². The van der Waals surface area contributed by atoms with E-state index in [1.54, 1.807) is 17.5 Å². The van der Waals surface area contributed by atoms with Gasteiger partial charge in [-0.2, -0.15) is 0 Å². The third-order valence-corrected chi connectivity index (χ3v) is 3.19. The molecule has 2 aromatic heterocycles. The lowest BCUT2D eigenvalue weighted by Crippen LogP contribution is -2.03. The maximum Gasteiger partial charge on any atom is 0.354 e. The van der Waals surface area contributed by atoms with Crippen LogP contribution in [0.2, 0.25) is 0 Å². The van der Waals surface area contributed by atoms with Crippen LogP contribution >= 0.6 is 38.5 Å². The van der Waals surface area contributed by atoms with Crippen molar-refractivity contribution in [3.8, 4) is 0 Å². The van der Waals surface area contributed by atoms with Gasteiger partial charge in [0.25, 0.3) is 0 Å². The van der Waals surface area contributed by atoms with Gasteiger partial charge in [0.05, 0.1) is 10.2 Å². The van der Waals surface area contributed by atoms with Crippen molar-refractivity contribution in [1.29, 1.82) is 0 Å². The predicted molar refractivity (Wildman–Crippen MR) is 67.3 cm³/mol. The molecule has 0 atom stereocenters. The second kappa shape index (κ2) is 3.75. The highest BCUT2D eigenvalue weighted by Gasteiger charge is 2.17. The van der Waals surface area contributed by atoms with E-state index in [1.165, 1.54) is 0 Å². The number of carboxylic acids is 1. The van der Waals surface area contributed by atoms with Gasteiger partial charge in [0.1, 0.15) is 0 Å². The molecule has 4 nitrogen and oxygen atoms in total. The molecular weight excluding hydrogens is 375 g/mol. The normalized spacial score (nSPS) is 10.9. The highest BCUT2D eigenvalue weighted by atomic mass is 127. The van der Waals surface area contributed by atoms with Crippen LogP contribution in [0.1, 0.15) is 16.2 Å². The number of imidazole rings is 1. The van der Waals surface area contributed by atoms with E-state index in [2.05, 4.69) is 43.5 Å². The van der Waals surface area contributed by atoms with Gasteiger partial charge in [-0.3, -0.25) is 4.40 Å². The molecule has 0 saturated carbocycles. The van der Waals surface area contributed by atoms with Crippen LogP contribution in [0.25, 0.3) is 5.65 Å². The number of aryl methyl sites for hydroxylation is 1. The van der Waals surface area contributed by atoms with Crippen molar-refractivity contribution < 1.29 is 9.90 Å². The molecule has 0 radical (unpaired) electrons. The van der Waals surface area contributed by atoms with Gasteiger partial charge in [0.2, 0.25) is 0 Å². The van der Waals surface area contributed by atoms with Crippen molar-refractivity contribution >= 4 is 50.1 Å². The van der Waals surface area contributed by atoms with Gasteiger partial charge in [0.15, 0.2) is 11.3 Å². The number of fused-ring (bicyclic) bond motifs is 1. The maximum atomic E-state index is 11.0. The number of aromatic carboxylic acids is 1. The van der Waals surface area contributed by atoms with E-state index in [0.29, 0.717) is 11.3 Å². The quantitative estimate of drug-likeness (QED) is 0.774. The fourth-order valence-electron chi connectivity index (χ4n) is 1.44. The van der Waals surface area contributed by atoms with Crippen molar-refractivity contribution in [2.45, 2.75) is 6.92 Å². The minimum Gasteiger partial charge on any atom is -0.477 e. The topological polar surface area (TPSA) is 54.6 Å². The van der Waals surface area contributed by atoms with E-state index in [1.807, 2.05) is 6.07 Å². The molecule has 2 rings (SSSR count). The summed E-state index contributed by atoms with van der Waals surface area (Å²) in [7, 11) is 0. The summed E-state index contributed by atoms with van der Waals surface area (Å²) < 4.78 is 3.33. The molecule has 15 heavy (non-hydrogen) atoms. The molecule has 0 amide bonds. The number of nitrogens with zero attached hydrogens (tertiary/aromatic N) is 2. The molecule has 0 unspecified atom stereocenters. The summed E-state index contributed by atoms with van der Waals surface area (Å²) in [6.45, 7) is 1.69. The summed E-state index contributed by atoms with van der Waals surface area (Å²) in [5, 5.41) is 9.06. The lowest BCUT2D eigenvalue weighted by Gasteiger charge is -2.00. The van der Waals surface area contributed by atoms with Crippen molar-refractivity contribution in [3.63, 3.8) is 0 Å². The number of hydrogen-bond donors (Lipinski definition) is 1. The molecule has 78 valence electrons. The van der Waals surface area contributed by atoms with E-state index in [9.17, 15) is 4.79 Å². The average molecular weight is 381 g/mol. The third kappa shape index (κ3) is 1.76. The number of rotatable bonds is 1. The summed E-state index contributed by atoms with van der Waals surface area (Å²) in [5.41, 5.74) is 1.36. The second-order valence-corrected chi connectivity index (χ2v) is 5.15. The Morgan fingerprint density at radius 1 is 1.67 bits per heavy atom. The molecule has 0 spiro atoms. The van der Waals surface area contributed by atoms with Crippen LogP contribution < -0.4 is 0 Å². The Balaban J connectivity index is 2.93. The molecule has 6 heteroatoms. The number of aromatic nitrogens is 2. The van der Waals surface area contributed by atoms with Crippen LogP contribution in [0.4, 0.5) is 0 Å². The molecule has 2 heterocycles. The van der Waals surface area contributed by atoms with Gasteiger partial charge >= 0.3 is 5.97 Å². The summed E-state index contributed by atoms with van der Waals surface area (Å²) >= 11 is 5.49. The number of carbonyl (C=O) groups is 1. The molecule has 1 N–H and O–H groups in total. The Kier molecular flexibility index (Phi) is 2.72. The molecule has 0 bridgehead atoms. The van der Waals surface area contributed by atoms with Crippen molar-refractivity contribution in [3.05, 3.63) is 31.7 Å². The van der Waals surface area contributed by atoms with E-state index in [0.717, 1.165) is 8.04 Å². The fourth-order valence-corrected chi connectivity index (χ4v) is 2.99. The van der Waals surface area contributed by atoms with Gasteiger partial charge < -0.3 is 5.11 Å². The monoisotopic (exact) mass is 380 g/mol. The van der Waals surface area contributed by atoms with Crippen LogP contribution in [0.15, 0.2) is 16.7 Å². The van der Waals surface area contributed by atoms with E-state index >= 15 is 0 Å². The molecule has 0 saturated heterocycles. The standard InChI is InChI=1S/C9H6BrIN2O2/c1-4-7(9(14)15)13-3-5(11)2-6(10)8(13)12-4/h2-3H,1H3,(H,14,15). The lowest BCUT2D eigenvalue weighted by molar-refractivity contribution is 0.0688. The first-order chi connectivity index (χ1) is 7.00. The minimum absolute atomic E-state index is 0.212. The van der Waals surface area contributed by atoms with E-state index in [4.69, 9.17) is 5.11 Å². The predicted octanol–water partition coefficient (Wildman–Crippen LogP) is 2.71. The maximum absolute atomic E-state index is 11.0. The first-order valence-electron chi connectivity index (χ1n) is 4.07. The Labute approximate surface area is 108 Å². The lowest BCUT2D eigenvalue weighted by atomic mass is 10.3. The number of hydrogen-bond acceptors (Lipinski definition) is 2. The van der Waals surface area contributed by atoms with Crippen LogP contribution in [-0.4, -0.2) is 20.5 Å². The highest BCUT2D eigenvalue weighted by Crippen LogP contribution is 2.23. The zero-order valence-electron chi connectivity index (χ0n) is 7.66. The van der Waals surface area contributed by atoms with Gasteiger partial charge in [-0.25, -0.2) is 9.78 Å². The van der Waals surface area contributed by atoms with Gasteiger partial charge in [0, 0.05) is 9.77 Å². The number of pyridine rings is 1. The average Bonchev–Trinajstić information content (AvgIpc) is 2.41. The van der Waals surface area contributed by atoms with Gasteiger partial charge in [-0.1, -0.05) is 0 Å². The first kappa shape index (κ1) is 10.9. The SMILES string of the molecule is Cc1nc2c(Br)cc(I)cn2c1C(=O)O. The fraction of sp³-hybridized carbons (Fsp3) is 0.111. The van der Waals surface area contributed by atoms with Crippen LogP contribution in [-0.2, 0) is 0 Å². The molecular formula is C9H6BrIN2O2. The molecule has 0 aliphatic carbocycles. The van der Waals surface area contributed by atoms with Crippen LogP contribution in [0.5, 0.6) is 0 Å². The third-order valence-electron chi connectivity index (χ3n) is 2.02. The van der Waals surface area contributed by atoms with Crippen LogP contribution in [0.3, 0.4) is 0 Å². The van der Waals surface area contributed by atoms with E-state index < -0.39 is 5.97 Å². The molecule has 0 aliphatic rings. The molecule has 0 fully saturated rings. The zero-order valence-corrected chi connectivity index (χ0v) is 11.4. The first-order valence-corrected chi connectivity index (χ1v) is 5.95. The Morgan fingerprint density at radius 2 is 2.33 bits per heavy atom. The number of halogens is 2. The smallest absolute Gasteiger partial charge is 0.354 e. The minimum atomic E-state index is -0.964. The Bertz CT molecular complexity index is 565. The highest BCUT2D eigenvalue weighted by molar-refractivity contribution is 14.1. The largest absolute Gasteiger partial charge is 0.477 e.